The van der Waals surface area contributed by atoms with Gasteiger partial charge in [-0.05, 0) is 68.0 Å². The molecule has 2 rings (SSSR count). The van der Waals surface area contributed by atoms with Crippen LogP contribution in [0.2, 0.25) is 0 Å². The normalized spacial score (nSPS) is 10.5. The lowest BCUT2D eigenvalue weighted by Gasteiger charge is -2.04. The van der Waals surface area contributed by atoms with Crippen molar-refractivity contribution in [2.75, 3.05) is 0 Å². The van der Waals surface area contributed by atoms with E-state index in [4.69, 9.17) is 0 Å². The summed E-state index contributed by atoms with van der Waals surface area (Å²) in [6.45, 7) is 0. The van der Waals surface area contributed by atoms with Gasteiger partial charge in [-0.3, -0.25) is 20.2 Å². The summed E-state index contributed by atoms with van der Waals surface area (Å²) in [5.74, 6) is 0. The fraction of sp³-hybridized carbons (Fsp3) is 0.143. The van der Waals surface area contributed by atoms with Crippen LogP contribution in [0.5, 0.6) is 0 Å². The van der Waals surface area contributed by atoms with Gasteiger partial charge in [-0.1, -0.05) is 12.1 Å². The summed E-state index contributed by atoms with van der Waals surface area (Å²) >= 11 is 6.28. The van der Waals surface area contributed by atoms with Gasteiger partial charge in [0.2, 0.25) is 0 Å². The van der Waals surface area contributed by atoms with Crippen LogP contribution in [0.25, 0.3) is 0 Å². The number of hydrogen-bond acceptors (Lipinski definition) is 4. The van der Waals surface area contributed by atoms with Crippen molar-refractivity contribution in [3.8, 4) is 0 Å². The van der Waals surface area contributed by atoms with Crippen LogP contribution < -0.4 is 0 Å². The molecular weight excluding hydrogens is 420 g/mol. The molecular formula is C14H10Br2N2O4. The molecule has 0 N–H and O–H groups in total. The summed E-state index contributed by atoms with van der Waals surface area (Å²) in [7, 11) is 0. The monoisotopic (exact) mass is 428 g/mol. The standard InChI is InChI=1S/C14H10Br2N2O4/c15-11-5-3-9(7-13(11)17(19)20)1-2-10-4-6-12(16)14(8-10)18(21)22/h3-8H,1-2H2. The average Bonchev–Trinajstić information content (AvgIpc) is 2.47. The molecule has 0 unspecified atom stereocenters. The van der Waals surface area contributed by atoms with Crippen molar-refractivity contribution in [2.45, 2.75) is 12.8 Å². The predicted octanol–water partition coefficient (Wildman–Crippen LogP) is 4.81. The van der Waals surface area contributed by atoms with E-state index in [2.05, 4.69) is 31.9 Å². The summed E-state index contributed by atoms with van der Waals surface area (Å²) in [6, 6.07) is 9.89. The van der Waals surface area contributed by atoms with Crippen LogP contribution in [0.1, 0.15) is 11.1 Å². The van der Waals surface area contributed by atoms with Gasteiger partial charge < -0.3 is 0 Å². The first-order chi connectivity index (χ1) is 10.4. The molecule has 0 aliphatic rings. The van der Waals surface area contributed by atoms with Crippen LogP contribution in [0.3, 0.4) is 0 Å². The second-order valence-corrected chi connectivity index (χ2v) is 6.29. The minimum atomic E-state index is -0.446. The molecule has 114 valence electrons. The molecule has 8 heteroatoms. The third-order valence-corrected chi connectivity index (χ3v) is 4.46. The summed E-state index contributed by atoms with van der Waals surface area (Å²) in [4.78, 5) is 20.9. The first-order valence-corrected chi connectivity index (χ1v) is 7.82. The number of benzene rings is 2. The maximum Gasteiger partial charge on any atom is 0.283 e. The minimum Gasteiger partial charge on any atom is -0.258 e. The van der Waals surface area contributed by atoms with Crippen LogP contribution in [-0.4, -0.2) is 9.85 Å². The molecule has 6 nitrogen and oxygen atoms in total. The van der Waals surface area contributed by atoms with Crippen LogP contribution in [0.4, 0.5) is 11.4 Å². The number of nitro groups is 2. The van der Waals surface area contributed by atoms with E-state index < -0.39 is 9.85 Å². The Hall–Kier alpha value is -1.80. The molecule has 0 fully saturated rings. The molecule has 0 heterocycles. The van der Waals surface area contributed by atoms with Gasteiger partial charge in [-0.15, -0.1) is 0 Å². The topological polar surface area (TPSA) is 86.3 Å². The van der Waals surface area contributed by atoms with Crippen LogP contribution in [0, 0.1) is 20.2 Å². The van der Waals surface area contributed by atoms with E-state index >= 15 is 0 Å². The number of nitrogens with zero attached hydrogens (tertiary/aromatic N) is 2. The fourth-order valence-corrected chi connectivity index (χ4v) is 2.78. The smallest absolute Gasteiger partial charge is 0.258 e. The fourth-order valence-electron chi connectivity index (χ4n) is 2.00. The van der Waals surface area contributed by atoms with Gasteiger partial charge in [0.25, 0.3) is 11.4 Å². The predicted molar refractivity (Wildman–Crippen MR) is 89.0 cm³/mol. The lowest BCUT2D eigenvalue weighted by Crippen LogP contribution is -1.96. The van der Waals surface area contributed by atoms with Gasteiger partial charge in [-0.25, -0.2) is 0 Å². The zero-order valence-corrected chi connectivity index (χ0v) is 14.3. The highest BCUT2D eigenvalue weighted by Crippen LogP contribution is 2.28. The van der Waals surface area contributed by atoms with Gasteiger partial charge in [0.15, 0.2) is 0 Å². The van der Waals surface area contributed by atoms with Crippen molar-refractivity contribution in [1.29, 1.82) is 0 Å². The number of hydrogen-bond donors (Lipinski definition) is 0. The van der Waals surface area contributed by atoms with E-state index in [1.165, 1.54) is 12.1 Å². The SMILES string of the molecule is O=[N+]([O-])c1cc(CCc2ccc(Br)c([N+](=O)[O-])c2)ccc1Br. The summed E-state index contributed by atoms with van der Waals surface area (Å²) in [5, 5.41) is 21.8. The first-order valence-electron chi connectivity index (χ1n) is 6.24. The van der Waals surface area contributed by atoms with E-state index in [9.17, 15) is 20.2 Å². The third kappa shape index (κ3) is 3.89. The van der Waals surface area contributed by atoms with E-state index in [0.29, 0.717) is 21.8 Å². The van der Waals surface area contributed by atoms with Crippen molar-refractivity contribution in [1.82, 2.24) is 0 Å². The number of nitro benzene ring substituents is 2. The van der Waals surface area contributed by atoms with Crippen molar-refractivity contribution in [2.24, 2.45) is 0 Å². The average molecular weight is 430 g/mol. The zero-order chi connectivity index (χ0) is 16.3. The second kappa shape index (κ2) is 6.97. The summed E-state index contributed by atoms with van der Waals surface area (Å²) < 4.78 is 0.862. The quantitative estimate of drug-likeness (QED) is 0.503. The molecule has 0 amide bonds. The van der Waals surface area contributed by atoms with E-state index in [1.54, 1.807) is 24.3 Å². The highest BCUT2D eigenvalue weighted by atomic mass is 79.9. The highest BCUT2D eigenvalue weighted by Gasteiger charge is 2.14. The second-order valence-electron chi connectivity index (χ2n) is 4.59. The molecule has 0 saturated carbocycles. The molecule has 2 aromatic carbocycles. The molecule has 0 saturated heterocycles. The van der Waals surface area contributed by atoms with Gasteiger partial charge in [0.05, 0.1) is 18.8 Å². The lowest BCUT2D eigenvalue weighted by atomic mass is 10.0. The van der Waals surface area contributed by atoms with E-state index in [1.807, 2.05) is 0 Å². The lowest BCUT2D eigenvalue weighted by molar-refractivity contribution is -0.385. The first kappa shape index (κ1) is 16.6. The maximum atomic E-state index is 10.9. The Morgan fingerprint density at radius 3 is 1.45 bits per heavy atom. The molecule has 0 bridgehead atoms. The highest BCUT2D eigenvalue weighted by molar-refractivity contribution is 9.11. The largest absolute Gasteiger partial charge is 0.283 e. The number of halogens is 2. The Morgan fingerprint density at radius 2 is 1.14 bits per heavy atom. The van der Waals surface area contributed by atoms with Gasteiger partial charge in [-0.2, -0.15) is 0 Å². The molecule has 0 spiro atoms. The maximum absolute atomic E-state index is 10.9. The summed E-state index contributed by atoms with van der Waals surface area (Å²) in [5.41, 5.74) is 1.64. The van der Waals surface area contributed by atoms with Crippen molar-refractivity contribution in [3.05, 3.63) is 76.7 Å². The molecule has 2 aromatic rings. The van der Waals surface area contributed by atoms with Crippen LogP contribution in [-0.2, 0) is 12.8 Å². The van der Waals surface area contributed by atoms with Gasteiger partial charge in [0.1, 0.15) is 0 Å². The van der Waals surface area contributed by atoms with Crippen LogP contribution in [0.15, 0.2) is 45.3 Å². The Balaban J connectivity index is 2.17. The van der Waals surface area contributed by atoms with E-state index in [-0.39, 0.29) is 11.4 Å². The van der Waals surface area contributed by atoms with Gasteiger partial charge in [0, 0.05) is 12.1 Å². The molecule has 0 aliphatic heterocycles. The van der Waals surface area contributed by atoms with Crippen molar-refractivity contribution in [3.63, 3.8) is 0 Å². The van der Waals surface area contributed by atoms with Crippen LogP contribution >= 0.6 is 31.9 Å². The molecule has 0 aliphatic carbocycles. The summed E-state index contributed by atoms with van der Waals surface area (Å²) in [6.07, 6.45) is 1.12. The van der Waals surface area contributed by atoms with Gasteiger partial charge >= 0.3 is 0 Å². The molecule has 0 aromatic heterocycles. The Bertz CT molecular complexity index is 686. The Kier molecular flexibility index (Phi) is 5.25. The van der Waals surface area contributed by atoms with Crippen molar-refractivity contribution >= 4 is 43.2 Å². The molecule has 0 atom stereocenters. The molecule has 22 heavy (non-hydrogen) atoms. The Morgan fingerprint density at radius 1 is 0.773 bits per heavy atom. The van der Waals surface area contributed by atoms with E-state index in [0.717, 1.165) is 11.1 Å². The molecule has 0 radical (unpaired) electrons. The minimum absolute atomic E-state index is 0.0132. The Labute approximate surface area is 142 Å². The third-order valence-electron chi connectivity index (χ3n) is 3.12. The number of aryl methyl sites for hydroxylation is 2. The number of rotatable bonds is 5. The zero-order valence-electron chi connectivity index (χ0n) is 11.2. The van der Waals surface area contributed by atoms with Crippen molar-refractivity contribution < 1.29 is 9.85 Å².